The van der Waals surface area contributed by atoms with E-state index in [1.54, 1.807) is 35.0 Å². The molecule has 0 N–H and O–H groups in total. The molecule has 0 aliphatic heterocycles. The first-order valence-electron chi connectivity index (χ1n) is 7.76. The van der Waals surface area contributed by atoms with Crippen LogP contribution in [-0.2, 0) is 11.3 Å². The van der Waals surface area contributed by atoms with Crippen molar-refractivity contribution in [2.75, 3.05) is 25.0 Å². The third kappa shape index (κ3) is 4.90. The topological polar surface area (TPSA) is 47.3 Å². The van der Waals surface area contributed by atoms with Crippen molar-refractivity contribution in [2.24, 2.45) is 0 Å². The summed E-state index contributed by atoms with van der Waals surface area (Å²) in [7, 11) is 1.78. The molecule has 0 aliphatic carbocycles. The van der Waals surface area contributed by atoms with E-state index in [2.05, 4.69) is 6.07 Å². The number of nitriles is 1. The van der Waals surface area contributed by atoms with E-state index in [9.17, 15) is 9.18 Å². The molecule has 0 spiro atoms. The summed E-state index contributed by atoms with van der Waals surface area (Å²) in [6, 6.07) is 17.9. The molecule has 5 heteroatoms. The molecule has 0 atom stereocenters. The number of nitrogens with zero attached hydrogens (tertiary/aromatic N) is 3. The van der Waals surface area contributed by atoms with E-state index in [4.69, 9.17) is 5.26 Å². The predicted octanol–water partition coefficient (Wildman–Crippen LogP) is 3.20. The highest BCUT2D eigenvalue weighted by Gasteiger charge is 2.17. The van der Waals surface area contributed by atoms with Crippen molar-refractivity contribution in [3.63, 3.8) is 0 Å². The summed E-state index contributed by atoms with van der Waals surface area (Å²) in [5.74, 6) is -0.392. The summed E-state index contributed by atoms with van der Waals surface area (Å²) in [4.78, 5) is 16.0. The zero-order valence-corrected chi connectivity index (χ0v) is 13.7. The first kappa shape index (κ1) is 17.6. The van der Waals surface area contributed by atoms with Crippen molar-refractivity contribution in [1.82, 2.24) is 4.90 Å². The van der Waals surface area contributed by atoms with Gasteiger partial charge >= 0.3 is 0 Å². The van der Waals surface area contributed by atoms with Gasteiger partial charge in [-0.15, -0.1) is 0 Å². The molecule has 0 heterocycles. The van der Waals surface area contributed by atoms with Crippen LogP contribution in [0.3, 0.4) is 0 Å². The lowest BCUT2D eigenvalue weighted by Gasteiger charge is -2.25. The molecule has 2 aromatic carbocycles. The van der Waals surface area contributed by atoms with Gasteiger partial charge in [0.2, 0.25) is 5.91 Å². The molecule has 4 nitrogen and oxygen atoms in total. The first-order chi connectivity index (χ1) is 11.6. The van der Waals surface area contributed by atoms with Crippen molar-refractivity contribution in [1.29, 1.82) is 5.26 Å². The number of carbonyl (C=O) groups excluding carboxylic acids is 1. The molecule has 124 valence electrons. The maximum atomic E-state index is 13.7. The number of rotatable bonds is 7. The van der Waals surface area contributed by atoms with Crippen LogP contribution >= 0.6 is 0 Å². The van der Waals surface area contributed by atoms with Gasteiger partial charge in [-0.3, -0.25) is 9.69 Å². The van der Waals surface area contributed by atoms with Gasteiger partial charge in [-0.2, -0.15) is 5.26 Å². The second kappa shape index (κ2) is 8.80. The summed E-state index contributed by atoms with van der Waals surface area (Å²) in [6.45, 7) is 0.834. The van der Waals surface area contributed by atoms with Gasteiger partial charge in [0.05, 0.1) is 19.0 Å². The molecule has 2 aromatic rings. The van der Waals surface area contributed by atoms with Gasteiger partial charge in [-0.05, 0) is 25.2 Å². The Kier molecular flexibility index (Phi) is 6.47. The summed E-state index contributed by atoms with van der Waals surface area (Å²) in [5, 5.41) is 8.81. The van der Waals surface area contributed by atoms with Gasteiger partial charge in [-0.25, -0.2) is 4.39 Å². The molecule has 0 radical (unpaired) electrons. The van der Waals surface area contributed by atoms with E-state index < -0.39 is 0 Å². The summed E-state index contributed by atoms with van der Waals surface area (Å²) in [6.07, 6.45) is 0.262. The van der Waals surface area contributed by atoms with Crippen LogP contribution in [0.5, 0.6) is 0 Å². The fraction of sp³-hybridized carbons (Fsp3) is 0.263. The largest absolute Gasteiger partial charge is 0.310 e. The molecule has 1 amide bonds. The van der Waals surface area contributed by atoms with Crippen LogP contribution in [-0.4, -0.2) is 30.9 Å². The van der Waals surface area contributed by atoms with Crippen LogP contribution in [0.2, 0.25) is 0 Å². The quantitative estimate of drug-likeness (QED) is 0.785. The second-order valence-corrected chi connectivity index (χ2v) is 5.55. The van der Waals surface area contributed by atoms with Gasteiger partial charge in [0, 0.05) is 24.3 Å². The molecule has 0 saturated heterocycles. The lowest BCUT2D eigenvalue weighted by atomic mass is 10.2. The zero-order valence-electron chi connectivity index (χ0n) is 13.7. The summed E-state index contributed by atoms with van der Waals surface area (Å²) in [5.41, 5.74) is 1.31. The molecular weight excluding hydrogens is 305 g/mol. The Morgan fingerprint density at radius 2 is 1.79 bits per heavy atom. The van der Waals surface area contributed by atoms with Crippen molar-refractivity contribution in [3.8, 4) is 6.07 Å². The maximum absolute atomic E-state index is 13.7. The van der Waals surface area contributed by atoms with E-state index in [0.717, 1.165) is 5.69 Å². The molecule has 0 unspecified atom stereocenters. The lowest BCUT2D eigenvalue weighted by Crippen LogP contribution is -2.39. The van der Waals surface area contributed by atoms with E-state index >= 15 is 0 Å². The Bertz CT molecular complexity index is 712. The van der Waals surface area contributed by atoms with Crippen molar-refractivity contribution in [2.45, 2.75) is 13.0 Å². The normalized spacial score (nSPS) is 10.4. The number of halogens is 1. The Hall–Kier alpha value is -2.71. The minimum Gasteiger partial charge on any atom is -0.310 e. The van der Waals surface area contributed by atoms with Gasteiger partial charge in [-0.1, -0.05) is 36.4 Å². The van der Waals surface area contributed by atoms with Gasteiger partial charge < -0.3 is 4.90 Å². The number of benzene rings is 2. The first-order valence-corrected chi connectivity index (χ1v) is 7.76. The van der Waals surface area contributed by atoms with Crippen LogP contribution in [0.25, 0.3) is 0 Å². The van der Waals surface area contributed by atoms with Crippen molar-refractivity contribution >= 4 is 11.6 Å². The van der Waals surface area contributed by atoms with Gasteiger partial charge in [0.15, 0.2) is 0 Å². The van der Waals surface area contributed by atoms with Crippen molar-refractivity contribution < 1.29 is 9.18 Å². The maximum Gasteiger partial charge on any atom is 0.241 e. The number of likely N-dealkylation sites (N-methyl/N-ethyl adjacent to an activating group) is 1. The van der Waals surface area contributed by atoms with E-state index in [1.165, 1.54) is 6.07 Å². The Labute approximate surface area is 141 Å². The Balaban J connectivity index is 2.04. The van der Waals surface area contributed by atoms with Crippen molar-refractivity contribution in [3.05, 3.63) is 66.0 Å². The molecule has 0 saturated carbocycles. The van der Waals surface area contributed by atoms with Crippen LogP contribution in [0.1, 0.15) is 12.0 Å². The van der Waals surface area contributed by atoms with Gasteiger partial charge in [0.25, 0.3) is 0 Å². The minimum absolute atomic E-state index is 0.115. The average Bonchev–Trinajstić information content (AvgIpc) is 2.58. The van der Waals surface area contributed by atoms with Gasteiger partial charge in [0.1, 0.15) is 5.82 Å². The zero-order chi connectivity index (χ0) is 17.4. The number of carbonyl (C=O) groups is 1. The molecule has 0 fully saturated rings. The summed E-state index contributed by atoms with van der Waals surface area (Å²) < 4.78 is 13.7. The lowest BCUT2D eigenvalue weighted by molar-refractivity contribution is -0.119. The third-order valence-electron chi connectivity index (χ3n) is 3.62. The van der Waals surface area contributed by atoms with E-state index in [-0.39, 0.29) is 24.7 Å². The summed E-state index contributed by atoms with van der Waals surface area (Å²) >= 11 is 0. The highest BCUT2D eigenvalue weighted by Crippen LogP contribution is 2.15. The van der Waals surface area contributed by atoms with E-state index in [0.29, 0.717) is 18.7 Å². The van der Waals surface area contributed by atoms with Crippen LogP contribution in [0.15, 0.2) is 54.6 Å². The number of anilines is 1. The highest BCUT2D eigenvalue weighted by molar-refractivity contribution is 5.94. The second-order valence-electron chi connectivity index (χ2n) is 5.55. The number of amides is 1. The Morgan fingerprint density at radius 3 is 2.46 bits per heavy atom. The monoisotopic (exact) mass is 325 g/mol. The molecule has 2 rings (SSSR count). The third-order valence-corrected chi connectivity index (χ3v) is 3.62. The van der Waals surface area contributed by atoms with Crippen LogP contribution in [0.4, 0.5) is 10.1 Å². The molecular formula is C19H20FN3O. The molecule has 0 bridgehead atoms. The highest BCUT2D eigenvalue weighted by atomic mass is 19.1. The standard InChI is InChI=1S/C19H20FN3O/c1-22(14-16-8-5-6-11-18(16)20)15-19(24)23(13-7-12-21)17-9-3-2-4-10-17/h2-6,8-11H,7,13-15H2,1H3. The van der Waals surface area contributed by atoms with Crippen LogP contribution in [0, 0.1) is 17.1 Å². The van der Waals surface area contributed by atoms with Crippen LogP contribution < -0.4 is 4.90 Å². The number of hydrogen-bond donors (Lipinski definition) is 0. The average molecular weight is 325 g/mol. The molecule has 0 aliphatic rings. The SMILES string of the molecule is CN(CC(=O)N(CCC#N)c1ccccc1)Cc1ccccc1F. The minimum atomic E-state index is -0.277. The predicted molar refractivity (Wildman–Crippen MR) is 91.8 cm³/mol. The molecule has 24 heavy (non-hydrogen) atoms. The molecule has 0 aromatic heterocycles. The van der Waals surface area contributed by atoms with E-state index in [1.807, 2.05) is 30.3 Å². The smallest absolute Gasteiger partial charge is 0.241 e. The number of para-hydroxylation sites is 1. The fourth-order valence-corrected chi connectivity index (χ4v) is 2.46. The fourth-order valence-electron chi connectivity index (χ4n) is 2.46. The number of hydrogen-bond acceptors (Lipinski definition) is 3. The Morgan fingerprint density at radius 1 is 1.12 bits per heavy atom.